The molecule has 21 heavy (non-hydrogen) atoms. The molecule has 0 heterocycles. The van der Waals surface area contributed by atoms with Crippen LogP contribution in [0.1, 0.15) is 0 Å². The molecule has 10 heteroatoms. The van der Waals surface area contributed by atoms with Crippen LogP contribution in [0.3, 0.4) is 0 Å². The molecule has 0 radical (unpaired) electrons. The zero-order valence-electron chi connectivity index (χ0n) is 10.5. The Morgan fingerprint density at radius 3 is 2.57 bits per heavy atom. The average Bonchev–Trinajstić information content (AvgIpc) is 2.37. The molecule has 1 amide bonds. The highest BCUT2D eigenvalue weighted by Crippen LogP contribution is 2.14. The Morgan fingerprint density at radius 2 is 1.95 bits per heavy atom. The van der Waals surface area contributed by atoms with Crippen molar-refractivity contribution in [2.75, 3.05) is 18.4 Å². The van der Waals surface area contributed by atoms with Gasteiger partial charge in [0.2, 0.25) is 5.91 Å². The summed E-state index contributed by atoms with van der Waals surface area (Å²) in [5.74, 6) is -3.00. The van der Waals surface area contributed by atoms with E-state index in [1.807, 2.05) is 0 Å². The summed E-state index contributed by atoms with van der Waals surface area (Å²) < 4.78 is 61.6. The minimum absolute atomic E-state index is 0.313. The smallest absolute Gasteiger partial charge is 0.370 e. The van der Waals surface area contributed by atoms with Crippen LogP contribution in [0.2, 0.25) is 0 Å². The van der Waals surface area contributed by atoms with Gasteiger partial charge in [0.15, 0.2) is 5.96 Å². The normalized spacial score (nSPS) is 12.1. The summed E-state index contributed by atoms with van der Waals surface area (Å²) >= 11 is 0. The highest BCUT2D eigenvalue weighted by Gasteiger charge is 2.27. The van der Waals surface area contributed by atoms with Crippen LogP contribution >= 0.6 is 0 Å². The zero-order valence-corrected chi connectivity index (χ0v) is 10.5. The number of benzene rings is 1. The van der Waals surface area contributed by atoms with Crippen LogP contribution in [0.25, 0.3) is 0 Å². The third-order valence-electron chi connectivity index (χ3n) is 2.07. The number of carbonyl (C=O) groups excluding carboxylic acids is 1. The van der Waals surface area contributed by atoms with Gasteiger partial charge in [0.25, 0.3) is 0 Å². The van der Waals surface area contributed by atoms with E-state index < -0.39 is 42.8 Å². The third-order valence-corrected chi connectivity index (χ3v) is 2.07. The number of halogens is 5. The molecule has 0 aromatic heterocycles. The van der Waals surface area contributed by atoms with E-state index in [1.54, 1.807) is 5.32 Å². The number of nitrogens with one attached hydrogen (secondary N) is 2. The number of anilines is 1. The summed E-state index contributed by atoms with van der Waals surface area (Å²) in [6.45, 7) is -2.18. The minimum atomic E-state index is -4.53. The van der Waals surface area contributed by atoms with E-state index in [1.165, 1.54) is 0 Å². The number of amides is 1. The van der Waals surface area contributed by atoms with Crippen LogP contribution in [0.4, 0.5) is 27.6 Å². The molecule has 0 saturated heterocycles. The van der Waals surface area contributed by atoms with Crippen LogP contribution in [0.5, 0.6) is 0 Å². The number of hydrogen-bond acceptors (Lipinski definition) is 2. The second-order valence-electron chi connectivity index (χ2n) is 3.84. The number of rotatable bonds is 4. The van der Waals surface area contributed by atoms with Crippen molar-refractivity contribution in [3.05, 3.63) is 29.8 Å². The predicted molar refractivity (Wildman–Crippen MR) is 65.5 cm³/mol. The van der Waals surface area contributed by atoms with Crippen molar-refractivity contribution in [2.24, 2.45) is 10.7 Å². The fourth-order valence-electron chi connectivity index (χ4n) is 1.18. The predicted octanol–water partition coefficient (Wildman–Crippen LogP) is 1.37. The van der Waals surface area contributed by atoms with Crippen LogP contribution in [-0.4, -0.2) is 31.1 Å². The van der Waals surface area contributed by atoms with Gasteiger partial charge in [-0.2, -0.15) is 13.2 Å². The fraction of sp³-hybridized carbons (Fsp3) is 0.273. The molecule has 4 N–H and O–H groups in total. The summed E-state index contributed by atoms with van der Waals surface area (Å²) in [6, 6.07) is 2.54. The van der Waals surface area contributed by atoms with Crippen LogP contribution < -0.4 is 16.4 Å². The van der Waals surface area contributed by atoms with Crippen LogP contribution in [0, 0.1) is 11.6 Å². The van der Waals surface area contributed by atoms with Crippen LogP contribution in [-0.2, 0) is 4.79 Å². The summed E-state index contributed by atoms with van der Waals surface area (Å²) in [6.07, 6.45) is -4.53. The number of hydrogen-bond donors (Lipinski definition) is 3. The van der Waals surface area contributed by atoms with Gasteiger partial charge in [-0.3, -0.25) is 4.79 Å². The summed E-state index contributed by atoms with van der Waals surface area (Å²) in [4.78, 5) is 14.4. The van der Waals surface area contributed by atoms with Crippen molar-refractivity contribution in [3.63, 3.8) is 0 Å². The quantitative estimate of drug-likeness (QED) is 0.446. The summed E-state index contributed by atoms with van der Waals surface area (Å²) in [7, 11) is 0. The van der Waals surface area contributed by atoms with Gasteiger partial charge in [0.05, 0.1) is 5.69 Å². The summed E-state index contributed by atoms with van der Waals surface area (Å²) in [5.41, 5.74) is 4.99. The third kappa shape index (κ3) is 6.54. The molecule has 0 atom stereocenters. The van der Waals surface area contributed by atoms with Gasteiger partial charge in [0.1, 0.15) is 24.7 Å². The monoisotopic (exact) mass is 310 g/mol. The van der Waals surface area contributed by atoms with Crippen molar-refractivity contribution >= 4 is 17.6 Å². The number of aliphatic imine (C=N–C) groups is 1. The average molecular weight is 310 g/mol. The summed E-state index contributed by atoms with van der Waals surface area (Å²) in [5, 5.41) is 3.76. The Balaban J connectivity index is 2.53. The van der Waals surface area contributed by atoms with Gasteiger partial charge in [0, 0.05) is 6.07 Å². The molecule has 0 unspecified atom stereocenters. The second-order valence-corrected chi connectivity index (χ2v) is 3.84. The van der Waals surface area contributed by atoms with Gasteiger partial charge in [-0.15, -0.1) is 0 Å². The standard InChI is InChI=1S/C11H11F5N4O/c12-6-1-2-7(13)8(3-6)20-10(17)18-4-9(21)19-5-11(14,15)16/h1-3H,4-5H2,(H,19,21)(H3,17,18,20). The number of carbonyl (C=O) groups is 1. The maximum Gasteiger partial charge on any atom is 0.405 e. The number of nitrogens with two attached hydrogens (primary N) is 1. The molecule has 1 aromatic rings. The Kier molecular flexibility index (Phi) is 5.44. The van der Waals surface area contributed by atoms with E-state index in [4.69, 9.17) is 5.73 Å². The first kappa shape index (κ1) is 16.7. The molecule has 0 aliphatic rings. The van der Waals surface area contributed by atoms with E-state index in [-0.39, 0.29) is 5.69 Å². The zero-order chi connectivity index (χ0) is 16.0. The first-order valence-electron chi connectivity index (χ1n) is 5.53. The molecule has 116 valence electrons. The molecule has 0 aliphatic heterocycles. The first-order chi connectivity index (χ1) is 9.67. The molecular weight excluding hydrogens is 299 g/mol. The van der Waals surface area contributed by atoms with Gasteiger partial charge < -0.3 is 16.4 Å². The molecule has 0 saturated carbocycles. The largest absolute Gasteiger partial charge is 0.405 e. The Hall–Kier alpha value is -2.39. The first-order valence-corrected chi connectivity index (χ1v) is 5.53. The molecule has 0 fully saturated rings. The van der Waals surface area contributed by atoms with Crippen molar-refractivity contribution in [1.82, 2.24) is 5.32 Å². The molecule has 0 bridgehead atoms. The van der Waals surface area contributed by atoms with E-state index in [2.05, 4.69) is 10.3 Å². The molecule has 1 aromatic carbocycles. The topological polar surface area (TPSA) is 79.5 Å². The maximum atomic E-state index is 13.2. The van der Waals surface area contributed by atoms with E-state index >= 15 is 0 Å². The van der Waals surface area contributed by atoms with Crippen molar-refractivity contribution < 1.29 is 26.7 Å². The van der Waals surface area contributed by atoms with Gasteiger partial charge in [-0.25, -0.2) is 13.8 Å². The fourth-order valence-corrected chi connectivity index (χ4v) is 1.18. The molecule has 0 aliphatic carbocycles. The molecule has 0 spiro atoms. The minimum Gasteiger partial charge on any atom is -0.370 e. The van der Waals surface area contributed by atoms with Crippen molar-refractivity contribution in [3.8, 4) is 0 Å². The number of alkyl halides is 3. The van der Waals surface area contributed by atoms with Gasteiger partial charge in [-0.05, 0) is 12.1 Å². The van der Waals surface area contributed by atoms with Crippen molar-refractivity contribution in [2.45, 2.75) is 6.18 Å². The molecular formula is C11H11F5N4O. The Labute approximate surface area is 116 Å². The molecule has 5 nitrogen and oxygen atoms in total. The SMILES string of the molecule is NC(=NCC(=O)NCC(F)(F)F)Nc1cc(F)ccc1F. The van der Waals surface area contributed by atoms with E-state index in [0.717, 1.165) is 18.2 Å². The van der Waals surface area contributed by atoms with Gasteiger partial charge in [-0.1, -0.05) is 0 Å². The number of guanidine groups is 1. The molecule has 1 rings (SSSR count). The van der Waals surface area contributed by atoms with Crippen LogP contribution in [0.15, 0.2) is 23.2 Å². The van der Waals surface area contributed by atoms with Gasteiger partial charge >= 0.3 is 6.18 Å². The second kappa shape index (κ2) is 6.86. The highest BCUT2D eigenvalue weighted by molar-refractivity contribution is 5.93. The Bertz CT molecular complexity index is 544. The lowest BCUT2D eigenvalue weighted by atomic mass is 10.3. The maximum absolute atomic E-state index is 13.2. The van der Waals surface area contributed by atoms with E-state index in [9.17, 15) is 26.7 Å². The van der Waals surface area contributed by atoms with E-state index in [0.29, 0.717) is 0 Å². The highest BCUT2D eigenvalue weighted by atomic mass is 19.4. The lowest BCUT2D eigenvalue weighted by Gasteiger charge is -2.08. The lowest BCUT2D eigenvalue weighted by molar-refractivity contribution is -0.137. The lowest BCUT2D eigenvalue weighted by Crippen LogP contribution is -2.35. The Morgan fingerprint density at radius 1 is 1.29 bits per heavy atom. The number of nitrogens with zero attached hydrogens (tertiary/aromatic N) is 1. The van der Waals surface area contributed by atoms with Crippen molar-refractivity contribution in [1.29, 1.82) is 0 Å².